The normalized spacial score (nSPS) is 23.3. The molecule has 0 aromatic carbocycles. The topological polar surface area (TPSA) is 23.4 Å². The van der Waals surface area contributed by atoms with Gasteiger partial charge in [-0.1, -0.05) is 0 Å². The molecule has 1 aliphatic carbocycles. The molecule has 15 heavy (non-hydrogen) atoms. The molecule has 0 amide bonds. The number of rotatable bonds is 0. The van der Waals surface area contributed by atoms with Gasteiger partial charge in [-0.25, -0.2) is 0 Å². The summed E-state index contributed by atoms with van der Waals surface area (Å²) in [6, 6.07) is 2.27. The third-order valence-electron chi connectivity index (χ3n) is 3.70. The van der Waals surface area contributed by atoms with Crippen LogP contribution in [-0.2, 0) is 29.4 Å². The Balaban J connectivity index is 1.96. The van der Waals surface area contributed by atoms with Crippen LogP contribution in [0.15, 0.2) is 6.07 Å². The van der Waals surface area contributed by atoms with Crippen LogP contribution in [0.3, 0.4) is 0 Å². The quantitative estimate of drug-likeness (QED) is 0.644. The third kappa shape index (κ3) is 1.34. The smallest absolute Gasteiger partial charge is 0.172 e. The molecule has 2 aliphatic rings. The minimum absolute atomic E-state index is 0.291. The monoisotopic (exact) mass is 207 g/mol. The Morgan fingerprint density at radius 1 is 1.33 bits per heavy atom. The Labute approximate surface area is 90.0 Å². The highest BCUT2D eigenvalue weighted by Crippen LogP contribution is 2.36. The van der Waals surface area contributed by atoms with Gasteiger partial charge in [0, 0.05) is 31.3 Å². The summed E-state index contributed by atoms with van der Waals surface area (Å²) >= 11 is 0. The van der Waals surface area contributed by atoms with Gasteiger partial charge in [0.1, 0.15) is 0 Å². The van der Waals surface area contributed by atoms with Crippen molar-refractivity contribution in [3.05, 3.63) is 23.0 Å². The lowest BCUT2D eigenvalue weighted by Gasteiger charge is -2.31. The maximum atomic E-state index is 5.76. The summed E-state index contributed by atoms with van der Waals surface area (Å²) in [5.41, 5.74) is 4.19. The van der Waals surface area contributed by atoms with Gasteiger partial charge in [-0.05, 0) is 25.0 Å². The summed E-state index contributed by atoms with van der Waals surface area (Å²) in [4.78, 5) is 0. The molecule has 82 valence electrons. The average molecular weight is 207 g/mol. The van der Waals surface area contributed by atoms with Gasteiger partial charge in [0.25, 0.3) is 0 Å². The highest BCUT2D eigenvalue weighted by atomic mass is 16.7. The van der Waals surface area contributed by atoms with Gasteiger partial charge >= 0.3 is 0 Å². The second-order valence-corrected chi connectivity index (χ2v) is 4.60. The molecule has 0 N–H and O–H groups in total. The van der Waals surface area contributed by atoms with Crippen LogP contribution >= 0.6 is 0 Å². The number of hydrogen-bond donors (Lipinski definition) is 0. The standard InChI is InChI=1S/C12H17NO2/c1-9-7-10-8-12(14-5-6-15-12)4-3-11(10)13(9)2/h7H,3-6,8H2,1-2H3. The molecule has 1 aliphatic heterocycles. The van der Waals surface area contributed by atoms with Gasteiger partial charge < -0.3 is 14.0 Å². The Kier molecular flexibility index (Phi) is 1.94. The van der Waals surface area contributed by atoms with Crippen molar-refractivity contribution in [3.63, 3.8) is 0 Å². The molecule has 2 heterocycles. The fourth-order valence-corrected chi connectivity index (χ4v) is 2.77. The van der Waals surface area contributed by atoms with Crippen LogP contribution in [0.25, 0.3) is 0 Å². The lowest BCUT2D eigenvalue weighted by Crippen LogP contribution is -2.37. The van der Waals surface area contributed by atoms with E-state index in [4.69, 9.17) is 9.47 Å². The van der Waals surface area contributed by atoms with Crippen molar-refractivity contribution in [2.75, 3.05) is 13.2 Å². The second-order valence-electron chi connectivity index (χ2n) is 4.60. The average Bonchev–Trinajstić information content (AvgIpc) is 2.75. The number of ether oxygens (including phenoxy) is 2. The molecule has 1 aromatic heterocycles. The maximum absolute atomic E-state index is 5.76. The molecule has 1 fully saturated rings. The molecular formula is C12H17NO2. The van der Waals surface area contributed by atoms with Crippen LogP contribution in [0.1, 0.15) is 23.4 Å². The summed E-state index contributed by atoms with van der Waals surface area (Å²) in [6.07, 6.45) is 2.99. The molecule has 3 rings (SSSR count). The van der Waals surface area contributed by atoms with E-state index in [9.17, 15) is 0 Å². The van der Waals surface area contributed by atoms with Crippen LogP contribution in [0.4, 0.5) is 0 Å². The predicted octanol–water partition coefficient (Wildman–Crippen LogP) is 1.57. The van der Waals surface area contributed by atoms with Gasteiger partial charge in [0.05, 0.1) is 13.2 Å². The summed E-state index contributed by atoms with van der Waals surface area (Å²) < 4.78 is 13.8. The minimum Gasteiger partial charge on any atom is -0.352 e. The van der Waals surface area contributed by atoms with E-state index in [0.717, 1.165) is 32.5 Å². The number of nitrogens with zero attached hydrogens (tertiary/aromatic N) is 1. The summed E-state index contributed by atoms with van der Waals surface area (Å²) in [6.45, 7) is 3.66. The van der Waals surface area contributed by atoms with E-state index in [1.807, 2.05) is 0 Å². The van der Waals surface area contributed by atoms with Crippen LogP contribution < -0.4 is 0 Å². The van der Waals surface area contributed by atoms with Crippen LogP contribution in [0.2, 0.25) is 0 Å². The van der Waals surface area contributed by atoms with Gasteiger partial charge in [0.2, 0.25) is 0 Å². The highest BCUT2D eigenvalue weighted by molar-refractivity contribution is 5.31. The predicted molar refractivity (Wildman–Crippen MR) is 56.8 cm³/mol. The SMILES string of the molecule is Cc1cc2c(n1C)CCC1(C2)OCCO1. The molecule has 0 unspecified atom stereocenters. The second kappa shape index (κ2) is 3.09. The van der Waals surface area contributed by atoms with E-state index in [0.29, 0.717) is 0 Å². The fraction of sp³-hybridized carbons (Fsp3) is 0.667. The van der Waals surface area contributed by atoms with E-state index >= 15 is 0 Å². The van der Waals surface area contributed by atoms with Gasteiger partial charge in [-0.15, -0.1) is 0 Å². The lowest BCUT2D eigenvalue weighted by molar-refractivity contribution is -0.164. The molecule has 3 nitrogen and oxygen atoms in total. The molecule has 0 saturated carbocycles. The number of aryl methyl sites for hydroxylation is 1. The molecule has 0 radical (unpaired) electrons. The summed E-state index contributed by atoms with van der Waals surface area (Å²) in [5, 5.41) is 0. The number of aromatic nitrogens is 1. The molecule has 3 heteroatoms. The van der Waals surface area contributed by atoms with Crippen molar-refractivity contribution in [1.82, 2.24) is 4.57 Å². The Hall–Kier alpha value is -0.800. The zero-order valence-corrected chi connectivity index (χ0v) is 9.38. The molecule has 0 atom stereocenters. The molecule has 1 spiro atoms. The lowest BCUT2D eigenvalue weighted by atomic mass is 9.92. The summed E-state index contributed by atoms with van der Waals surface area (Å²) in [7, 11) is 2.14. The largest absolute Gasteiger partial charge is 0.352 e. The van der Waals surface area contributed by atoms with E-state index in [1.54, 1.807) is 0 Å². The van der Waals surface area contributed by atoms with E-state index < -0.39 is 0 Å². The Morgan fingerprint density at radius 3 is 2.80 bits per heavy atom. The van der Waals surface area contributed by atoms with E-state index in [-0.39, 0.29) is 5.79 Å². The van der Waals surface area contributed by atoms with Gasteiger partial charge in [-0.3, -0.25) is 0 Å². The van der Waals surface area contributed by atoms with E-state index in [1.165, 1.54) is 17.0 Å². The van der Waals surface area contributed by atoms with Crippen LogP contribution in [0, 0.1) is 6.92 Å². The van der Waals surface area contributed by atoms with Crippen molar-refractivity contribution < 1.29 is 9.47 Å². The van der Waals surface area contributed by atoms with Crippen molar-refractivity contribution in [1.29, 1.82) is 0 Å². The van der Waals surface area contributed by atoms with Crippen LogP contribution in [-0.4, -0.2) is 23.6 Å². The van der Waals surface area contributed by atoms with E-state index in [2.05, 4.69) is 24.6 Å². The van der Waals surface area contributed by atoms with Crippen molar-refractivity contribution in [3.8, 4) is 0 Å². The minimum atomic E-state index is -0.291. The Bertz CT molecular complexity index is 389. The fourth-order valence-electron chi connectivity index (χ4n) is 2.77. The van der Waals surface area contributed by atoms with Gasteiger partial charge in [0.15, 0.2) is 5.79 Å². The highest BCUT2D eigenvalue weighted by Gasteiger charge is 2.40. The van der Waals surface area contributed by atoms with Gasteiger partial charge in [-0.2, -0.15) is 0 Å². The molecule has 1 saturated heterocycles. The molecular weight excluding hydrogens is 190 g/mol. The van der Waals surface area contributed by atoms with Crippen molar-refractivity contribution >= 4 is 0 Å². The third-order valence-corrected chi connectivity index (χ3v) is 3.70. The summed E-state index contributed by atoms with van der Waals surface area (Å²) in [5.74, 6) is -0.291. The maximum Gasteiger partial charge on any atom is 0.172 e. The van der Waals surface area contributed by atoms with Crippen LogP contribution in [0.5, 0.6) is 0 Å². The zero-order valence-electron chi connectivity index (χ0n) is 9.38. The molecule has 0 bridgehead atoms. The number of fused-ring (bicyclic) bond motifs is 1. The first-order chi connectivity index (χ1) is 7.20. The first kappa shape index (κ1) is 9.43. The zero-order chi connectivity index (χ0) is 10.5. The molecule has 1 aromatic rings. The first-order valence-corrected chi connectivity index (χ1v) is 5.62. The van der Waals surface area contributed by atoms with Crippen molar-refractivity contribution in [2.24, 2.45) is 7.05 Å². The van der Waals surface area contributed by atoms with Crippen molar-refractivity contribution in [2.45, 2.75) is 32.0 Å². The first-order valence-electron chi connectivity index (χ1n) is 5.62. The number of hydrogen-bond acceptors (Lipinski definition) is 2. The Morgan fingerprint density at radius 2 is 2.07 bits per heavy atom.